The predicted molar refractivity (Wildman–Crippen MR) is 77.3 cm³/mol. The fourth-order valence-electron chi connectivity index (χ4n) is 2.24. The Kier molecular flexibility index (Phi) is 4.59. The molecule has 1 aromatic rings. The summed E-state index contributed by atoms with van der Waals surface area (Å²) in [5.74, 6) is -0.107. The number of nitrogens with zero attached hydrogens (tertiary/aromatic N) is 1. The minimum absolute atomic E-state index is 0.110. The highest BCUT2D eigenvalue weighted by Gasteiger charge is 2.34. The molecule has 1 fully saturated rings. The second-order valence-corrected chi connectivity index (χ2v) is 5.02. The smallest absolute Gasteiger partial charge is 0.419 e. The third-order valence-corrected chi connectivity index (χ3v) is 3.49. The van der Waals surface area contributed by atoms with Gasteiger partial charge in [-0.05, 0) is 23.8 Å². The largest absolute Gasteiger partial charge is 0.496 e. The van der Waals surface area contributed by atoms with Crippen LogP contribution in [0.1, 0.15) is 11.1 Å². The summed E-state index contributed by atoms with van der Waals surface area (Å²) in [6.45, 7) is 4.61. The van der Waals surface area contributed by atoms with E-state index in [1.165, 1.54) is 25.3 Å². The Bertz CT molecular complexity index is 602. The van der Waals surface area contributed by atoms with Gasteiger partial charge in [-0.2, -0.15) is 13.2 Å². The fraction of sp³-hybridized carbons (Fsp3) is 0.312. The molecule has 1 saturated heterocycles. The fourth-order valence-corrected chi connectivity index (χ4v) is 2.24. The maximum absolute atomic E-state index is 12.8. The van der Waals surface area contributed by atoms with Crippen LogP contribution in [0.2, 0.25) is 0 Å². The minimum atomic E-state index is -4.44. The summed E-state index contributed by atoms with van der Waals surface area (Å²) >= 11 is 0. The van der Waals surface area contributed by atoms with E-state index in [0.29, 0.717) is 18.7 Å². The van der Waals surface area contributed by atoms with Crippen molar-refractivity contribution >= 4 is 12.0 Å². The van der Waals surface area contributed by atoms with Crippen LogP contribution in [0.25, 0.3) is 6.08 Å². The normalized spacial score (nSPS) is 15.7. The Balaban J connectivity index is 2.04. The average molecular weight is 311 g/mol. The number of benzene rings is 1. The first-order valence-electron chi connectivity index (χ1n) is 6.70. The first-order chi connectivity index (χ1) is 10.3. The van der Waals surface area contributed by atoms with E-state index in [1.54, 1.807) is 11.0 Å². The lowest BCUT2D eigenvalue weighted by Crippen LogP contribution is -2.48. The topological polar surface area (TPSA) is 29.5 Å². The van der Waals surface area contributed by atoms with Gasteiger partial charge in [0.05, 0.1) is 12.7 Å². The quantitative estimate of drug-likeness (QED) is 0.798. The van der Waals surface area contributed by atoms with Crippen LogP contribution in [0.15, 0.2) is 36.9 Å². The summed E-state index contributed by atoms with van der Waals surface area (Å²) in [5.41, 5.74) is -0.170. The number of likely N-dealkylation sites (tertiary alicyclic amines) is 1. The third-order valence-electron chi connectivity index (χ3n) is 3.49. The van der Waals surface area contributed by atoms with E-state index in [4.69, 9.17) is 4.74 Å². The highest BCUT2D eigenvalue weighted by molar-refractivity contribution is 5.87. The van der Waals surface area contributed by atoms with Gasteiger partial charge in [0.15, 0.2) is 0 Å². The van der Waals surface area contributed by atoms with Crippen LogP contribution in [-0.4, -0.2) is 31.0 Å². The lowest BCUT2D eigenvalue weighted by molar-refractivity contribution is -0.138. The number of carbonyl (C=O) groups excluding carboxylic acids is 1. The van der Waals surface area contributed by atoms with Gasteiger partial charge in [-0.1, -0.05) is 24.8 Å². The number of hydrogen-bond acceptors (Lipinski definition) is 2. The molecule has 0 aliphatic carbocycles. The molecule has 22 heavy (non-hydrogen) atoms. The van der Waals surface area contributed by atoms with Gasteiger partial charge < -0.3 is 9.64 Å². The van der Waals surface area contributed by atoms with Crippen molar-refractivity contribution in [2.45, 2.75) is 6.18 Å². The molecule has 0 radical (unpaired) electrons. The van der Waals surface area contributed by atoms with E-state index >= 15 is 0 Å². The molecular weight excluding hydrogens is 295 g/mol. The summed E-state index contributed by atoms with van der Waals surface area (Å²) in [6, 6.07) is 3.75. The van der Waals surface area contributed by atoms with Crippen molar-refractivity contribution < 1.29 is 22.7 Å². The Hall–Kier alpha value is -2.24. The number of amides is 1. The van der Waals surface area contributed by atoms with Gasteiger partial charge in [-0.25, -0.2) is 0 Å². The summed E-state index contributed by atoms with van der Waals surface area (Å²) in [7, 11) is 1.21. The van der Waals surface area contributed by atoms with E-state index in [0.717, 1.165) is 6.07 Å². The number of methoxy groups -OCH3 is 1. The Labute approximate surface area is 126 Å². The molecule has 3 nitrogen and oxygen atoms in total. The zero-order chi connectivity index (χ0) is 16.3. The zero-order valence-corrected chi connectivity index (χ0v) is 12.1. The number of alkyl halides is 3. The summed E-state index contributed by atoms with van der Waals surface area (Å²) in [4.78, 5) is 12.9. The number of carbonyl (C=O) groups is 1. The van der Waals surface area contributed by atoms with Crippen molar-refractivity contribution in [3.8, 4) is 5.75 Å². The lowest BCUT2D eigenvalue weighted by Gasteiger charge is -2.37. The van der Waals surface area contributed by atoms with E-state index in [1.807, 2.05) is 6.08 Å². The van der Waals surface area contributed by atoms with E-state index < -0.39 is 11.7 Å². The zero-order valence-electron chi connectivity index (χ0n) is 12.1. The van der Waals surface area contributed by atoms with Crippen molar-refractivity contribution in [1.29, 1.82) is 0 Å². The van der Waals surface area contributed by atoms with Crippen molar-refractivity contribution in [3.05, 3.63) is 48.1 Å². The maximum atomic E-state index is 12.8. The van der Waals surface area contributed by atoms with Gasteiger partial charge in [0, 0.05) is 19.0 Å². The first-order valence-corrected chi connectivity index (χ1v) is 6.70. The number of hydrogen-bond donors (Lipinski definition) is 0. The van der Waals surface area contributed by atoms with Crippen LogP contribution < -0.4 is 4.74 Å². The van der Waals surface area contributed by atoms with Crippen LogP contribution >= 0.6 is 0 Å². The van der Waals surface area contributed by atoms with Crippen LogP contribution in [0, 0.1) is 5.92 Å². The molecule has 1 heterocycles. The van der Waals surface area contributed by atoms with Gasteiger partial charge in [0.25, 0.3) is 0 Å². The molecule has 0 spiro atoms. The second kappa shape index (κ2) is 6.25. The Morgan fingerprint density at radius 3 is 2.64 bits per heavy atom. The summed E-state index contributed by atoms with van der Waals surface area (Å²) < 4.78 is 43.1. The van der Waals surface area contributed by atoms with Crippen molar-refractivity contribution in [3.63, 3.8) is 0 Å². The molecule has 6 heteroatoms. The average Bonchev–Trinajstić information content (AvgIpc) is 2.43. The molecule has 0 N–H and O–H groups in total. The first kappa shape index (κ1) is 16.1. The Morgan fingerprint density at radius 2 is 2.09 bits per heavy atom. The lowest BCUT2D eigenvalue weighted by atomic mass is 9.98. The van der Waals surface area contributed by atoms with Crippen LogP contribution in [-0.2, 0) is 11.0 Å². The molecule has 118 valence electrons. The highest BCUT2D eigenvalue weighted by Crippen LogP contribution is 2.36. The van der Waals surface area contributed by atoms with Crippen molar-refractivity contribution in [2.75, 3.05) is 20.2 Å². The van der Waals surface area contributed by atoms with E-state index in [2.05, 4.69) is 6.58 Å². The summed E-state index contributed by atoms with van der Waals surface area (Å²) in [5, 5.41) is 0. The molecule has 1 amide bonds. The van der Waals surface area contributed by atoms with Gasteiger partial charge in [-0.15, -0.1) is 0 Å². The standard InChI is InChI=1S/C16H16F3NO2/c1-3-15(21)20-9-12(10-20)5-4-11-6-7-13(16(17,18)19)14(8-11)22-2/h3-8,12H,1,9-10H2,2H3/b5-4+. The van der Waals surface area contributed by atoms with Gasteiger partial charge >= 0.3 is 6.18 Å². The monoisotopic (exact) mass is 311 g/mol. The molecule has 0 saturated carbocycles. The summed E-state index contributed by atoms with van der Waals surface area (Å²) in [6.07, 6.45) is 0.450. The number of rotatable bonds is 4. The van der Waals surface area contributed by atoms with Crippen LogP contribution in [0.4, 0.5) is 13.2 Å². The van der Waals surface area contributed by atoms with Gasteiger partial charge in [0.2, 0.25) is 5.91 Å². The Morgan fingerprint density at radius 1 is 1.41 bits per heavy atom. The molecule has 0 atom stereocenters. The minimum Gasteiger partial charge on any atom is -0.496 e. The molecular formula is C16H16F3NO2. The maximum Gasteiger partial charge on any atom is 0.419 e. The molecule has 1 aromatic carbocycles. The predicted octanol–water partition coefficient (Wildman–Crippen LogP) is 3.37. The van der Waals surface area contributed by atoms with Gasteiger partial charge in [0.1, 0.15) is 5.75 Å². The third kappa shape index (κ3) is 3.50. The second-order valence-electron chi connectivity index (χ2n) is 5.02. The molecule has 0 unspecified atom stereocenters. The van der Waals surface area contributed by atoms with Crippen molar-refractivity contribution in [2.24, 2.45) is 5.92 Å². The van der Waals surface area contributed by atoms with E-state index in [-0.39, 0.29) is 17.6 Å². The number of ether oxygens (including phenoxy) is 1. The van der Waals surface area contributed by atoms with Crippen LogP contribution in [0.3, 0.4) is 0 Å². The molecule has 1 aliphatic heterocycles. The molecule has 0 aromatic heterocycles. The van der Waals surface area contributed by atoms with E-state index in [9.17, 15) is 18.0 Å². The highest BCUT2D eigenvalue weighted by atomic mass is 19.4. The van der Waals surface area contributed by atoms with Crippen LogP contribution in [0.5, 0.6) is 5.75 Å². The molecule has 1 aliphatic rings. The number of halogens is 3. The SMILES string of the molecule is C=CC(=O)N1CC(/C=C/c2ccc(C(F)(F)F)c(OC)c2)C1. The molecule has 0 bridgehead atoms. The molecule has 2 rings (SSSR count). The van der Waals surface area contributed by atoms with Gasteiger partial charge in [-0.3, -0.25) is 4.79 Å². The van der Waals surface area contributed by atoms with Crippen molar-refractivity contribution in [1.82, 2.24) is 4.90 Å².